The Morgan fingerprint density at radius 3 is 2.26 bits per heavy atom. The van der Waals surface area contributed by atoms with E-state index < -0.39 is 11.8 Å². The van der Waals surface area contributed by atoms with Crippen LogP contribution in [0.25, 0.3) is 11.1 Å². The van der Waals surface area contributed by atoms with Gasteiger partial charge in [0.1, 0.15) is 5.75 Å². The number of aliphatic hydroxyl groups is 1. The van der Waals surface area contributed by atoms with E-state index in [0.29, 0.717) is 28.4 Å². The molecule has 198 valence electrons. The molecule has 0 fully saturated rings. The van der Waals surface area contributed by atoms with Crippen molar-refractivity contribution in [2.24, 2.45) is 21.6 Å². The lowest BCUT2D eigenvalue weighted by atomic mass is 9.94. The molecule has 0 saturated heterocycles. The molecule has 3 N–H and O–H groups in total. The van der Waals surface area contributed by atoms with Gasteiger partial charge in [0, 0.05) is 21.4 Å². The lowest BCUT2D eigenvalue weighted by Gasteiger charge is -2.17. The van der Waals surface area contributed by atoms with E-state index in [2.05, 4.69) is 42.0 Å². The summed E-state index contributed by atoms with van der Waals surface area (Å²) in [4.78, 5) is 23.5. The van der Waals surface area contributed by atoms with Crippen molar-refractivity contribution in [1.82, 2.24) is 0 Å². The Morgan fingerprint density at radius 1 is 1.00 bits per heavy atom. The molecule has 1 unspecified atom stereocenters. The maximum absolute atomic E-state index is 12.3. The van der Waals surface area contributed by atoms with Crippen molar-refractivity contribution < 1.29 is 14.6 Å². The van der Waals surface area contributed by atoms with Crippen LogP contribution in [0.15, 0.2) is 105 Å². The molecule has 0 bridgehead atoms. The molecule has 0 spiro atoms. The summed E-state index contributed by atoms with van der Waals surface area (Å²) >= 11 is 1.61. The minimum Gasteiger partial charge on any atom is -0.497 e. The van der Waals surface area contributed by atoms with Crippen molar-refractivity contribution >= 4 is 41.5 Å². The van der Waals surface area contributed by atoms with E-state index in [4.69, 9.17) is 15.5 Å². The zero-order valence-corrected chi connectivity index (χ0v) is 23.0. The topological polar surface area (TPSA) is 97.3 Å². The van der Waals surface area contributed by atoms with Crippen LogP contribution in [0.5, 0.6) is 5.75 Å². The van der Waals surface area contributed by atoms with Gasteiger partial charge < -0.3 is 15.6 Å². The van der Waals surface area contributed by atoms with Crippen LogP contribution in [0.4, 0.5) is 11.4 Å². The molecule has 4 aromatic rings. The van der Waals surface area contributed by atoms with E-state index in [1.165, 1.54) is 0 Å². The first-order chi connectivity index (χ1) is 18.8. The van der Waals surface area contributed by atoms with Gasteiger partial charge in [0.2, 0.25) is 5.91 Å². The average molecular weight is 538 g/mol. The van der Waals surface area contributed by atoms with E-state index >= 15 is 0 Å². The van der Waals surface area contributed by atoms with Gasteiger partial charge in [0.25, 0.3) is 0 Å². The molecule has 0 aliphatic heterocycles. The highest BCUT2D eigenvalue weighted by Crippen LogP contribution is 2.37. The second-order valence-corrected chi connectivity index (χ2v) is 10.2. The number of benzene rings is 4. The SMILES string of the molecule is C=Nc1c(C)cc(Sc2ccc(-c3ccc(CO)cc3)cc2)cc1C(=Nc1cccc(OC)c1)C(C)C(N)=O. The molecular weight excluding hydrogens is 506 g/mol. The molecule has 0 heterocycles. The van der Waals surface area contributed by atoms with Crippen LogP contribution in [0.1, 0.15) is 23.6 Å². The van der Waals surface area contributed by atoms with Crippen LogP contribution in [-0.4, -0.2) is 30.6 Å². The first-order valence-corrected chi connectivity index (χ1v) is 13.3. The van der Waals surface area contributed by atoms with E-state index in [9.17, 15) is 9.90 Å². The van der Waals surface area contributed by atoms with Crippen molar-refractivity contribution in [1.29, 1.82) is 0 Å². The third kappa shape index (κ3) is 6.63. The van der Waals surface area contributed by atoms with Gasteiger partial charge in [-0.2, -0.15) is 0 Å². The highest BCUT2D eigenvalue weighted by Gasteiger charge is 2.23. The Balaban J connectivity index is 1.71. The van der Waals surface area contributed by atoms with E-state index in [0.717, 1.165) is 32.0 Å². The van der Waals surface area contributed by atoms with Crippen LogP contribution < -0.4 is 10.5 Å². The minimum atomic E-state index is -0.659. The van der Waals surface area contributed by atoms with Crippen molar-refractivity contribution in [2.45, 2.75) is 30.2 Å². The van der Waals surface area contributed by atoms with E-state index in [1.54, 1.807) is 31.9 Å². The number of aliphatic imine (C=N–C) groups is 2. The first kappa shape index (κ1) is 27.8. The summed E-state index contributed by atoms with van der Waals surface area (Å²) in [6.45, 7) is 7.52. The third-order valence-electron chi connectivity index (χ3n) is 6.41. The van der Waals surface area contributed by atoms with Crippen molar-refractivity contribution in [3.05, 3.63) is 102 Å². The van der Waals surface area contributed by atoms with Gasteiger partial charge in [0.15, 0.2) is 0 Å². The predicted molar refractivity (Wildman–Crippen MR) is 160 cm³/mol. The van der Waals surface area contributed by atoms with Crippen LogP contribution in [0.3, 0.4) is 0 Å². The van der Waals surface area contributed by atoms with Gasteiger partial charge in [-0.15, -0.1) is 0 Å². The van der Waals surface area contributed by atoms with Crippen LogP contribution in [0, 0.1) is 12.8 Å². The zero-order valence-electron chi connectivity index (χ0n) is 22.2. The van der Waals surface area contributed by atoms with Crippen LogP contribution in [0.2, 0.25) is 0 Å². The minimum absolute atomic E-state index is 0.0294. The first-order valence-electron chi connectivity index (χ1n) is 12.4. The lowest BCUT2D eigenvalue weighted by molar-refractivity contribution is -0.119. The Kier molecular flexibility index (Phi) is 8.96. The lowest BCUT2D eigenvalue weighted by Crippen LogP contribution is -2.28. The normalized spacial score (nSPS) is 12.2. The number of carbonyl (C=O) groups excluding carboxylic acids is 1. The molecule has 0 aliphatic carbocycles. The molecule has 1 amide bonds. The molecule has 0 aromatic heterocycles. The van der Waals surface area contributed by atoms with Crippen molar-refractivity contribution in [3.8, 4) is 16.9 Å². The number of carbonyl (C=O) groups is 1. The molecule has 0 saturated carbocycles. The quantitative estimate of drug-likeness (QED) is 0.215. The molecule has 4 aromatic carbocycles. The highest BCUT2D eigenvalue weighted by atomic mass is 32.2. The number of nitrogens with zero attached hydrogens (tertiary/aromatic N) is 2. The number of primary amides is 1. The third-order valence-corrected chi connectivity index (χ3v) is 7.39. The molecule has 0 aliphatic rings. The summed E-state index contributed by atoms with van der Waals surface area (Å²) in [7, 11) is 1.60. The van der Waals surface area contributed by atoms with Gasteiger partial charge >= 0.3 is 0 Å². The number of ether oxygens (including phenoxy) is 1. The number of methoxy groups -OCH3 is 1. The summed E-state index contributed by atoms with van der Waals surface area (Å²) < 4.78 is 5.34. The maximum Gasteiger partial charge on any atom is 0.226 e. The number of hydrogen-bond acceptors (Lipinski definition) is 6. The van der Waals surface area contributed by atoms with Crippen LogP contribution >= 0.6 is 11.8 Å². The summed E-state index contributed by atoms with van der Waals surface area (Å²) in [5, 5.41) is 9.29. The number of amides is 1. The Labute approximate surface area is 233 Å². The number of nitrogens with two attached hydrogens (primary N) is 1. The Morgan fingerprint density at radius 2 is 1.67 bits per heavy atom. The van der Waals surface area contributed by atoms with Crippen molar-refractivity contribution in [2.75, 3.05) is 7.11 Å². The monoisotopic (exact) mass is 537 g/mol. The Bertz CT molecular complexity index is 1510. The van der Waals surface area contributed by atoms with E-state index in [-0.39, 0.29) is 6.61 Å². The standard InChI is InChI=1S/C32H31N3O3S/c1-20-16-28(39-27-14-12-24(13-15-27)23-10-8-22(19-36)9-11-23)18-29(30(20)34-3)31(21(2)32(33)37)35-25-6-5-7-26(17-25)38-4/h5-18,21,36H,3,19H2,1-2,4H3,(H2,33,37). The maximum atomic E-state index is 12.3. The molecule has 7 heteroatoms. The summed E-state index contributed by atoms with van der Waals surface area (Å²) in [6.07, 6.45) is 0. The smallest absolute Gasteiger partial charge is 0.226 e. The van der Waals surface area contributed by atoms with Crippen LogP contribution in [-0.2, 0) is 11.4 Å². The Hall–Kier alpha value is -4.20. The number of hydrogen-bond donors (Lipinski definition) is 2. The second-order valence-electron chi connectivity index (χ2n) is 9.10. The van der Waals surface area contributed by atoms with Gasteiger partial charge in [-0.3, -0.25) is 14.8 Å². The van der Waals surface area contributed by atoms with Gasteiger partial charge in [-0.25, -0.2) is 0 Å². The van der Waals surface area contributed by atoms with Gasteiger partial charge in [-0.05, 0) is 79.2 Å². The largest absolute Gasteiger partial charge is 0.497 e. The molecular formula is C32H31N3O3S. The fraction of sp³-hybridized carbons (Fsp3) is 0.156. The summed E-state index contributed by atoms with van der Waals surface area (Å²) in [5.74, 6) is -0.476. The number of aryl methyl sites for hydroxylation is 1. The number of aliphatic hydroxyl groups excluding tert-OH is 1. The molecule has 0 radical (unpaired) electrons. The average Bonchev–Trinajstić information content (AvgIpc) is 2.96. The van der Waals surface area contributed by atoms with Crippen molar-refractivity contribution in [3.63, 3.8) is 0 Å². The van der Waals surface area contributed by atoms with E-state index in [1.807, 2.05) is 55.5 Å². The summed E-state index contributed by atoms with van der Waals surface area (Å²) in [5.41, 5.74) is 12.3. The molecule has 4 rings (SSSR count). The molecule has 39 heavy (non-hydrogen) atoms. The summed E-state index contributed by atoms with van der Waals surface area (Å²) in [6, 6.07) is 27.6. The predicted octanol–water partition coefficient (Wildman–Crippen LogP) is 6.89. The molecule has 1 atom stereocenters. The fourth-order valence-corrected chi connectivity index (χ4v) is 5.17. The molecule has 6 nitrogen and oxygen atoms in total. The zero-order chi connectivity index (χ0) is 27.9. The van der Waals surface area contributed by atoms with Gasteiger partial charge in [-0.1, -0.05) is 54.2 Å². The highest BCUT2D eigenvalue weighted by molar-refractivity contribution is 7.99. The number of rotatable bonds is 10. The second kappa shape index (κ2) is 12.6. The fourth-order valence-electron chi connectivity index (χ4n) is 4.21. The van der Waals surface area contributed by atoms with Gasteiger partial charge in [0.05, 0.1) is 36.7 Å².